The van der Waals surface area contributed by atoms with E-state index in [-0.39, 0.29) is 4.90 Å². The number of benzene rings is 1. The minimum absolute atomic E-state index is 0.139. The fourth-order valence-electron chi connectivity index (χ4n) is 2.76. The number of rotatable bonds is 6. The normalized spacial score (nSPS) is 15.1. The minimum atomic E-state index is -3.59. The summed E-state index contributed by atoms with van der Waals surface area (Å²) in [6, 6.07) is 5.83. The topological polar surface area (TPSA) is 115 Å². The van der Waals surface area contributed by atoms with Gasteiger partial charge in [0.2, 0.25) is 10.0 Å². The molecule has 0 bridgehead atoms. The second-order valence-corrected chi connectivity index (χ2v) is 9.45. The number of carbonyl (C=O) groups is 2. The summed E-state index contributed by atoms with van der Waals surface area (Å²) in [6.45, 7) is 4.38. The van der Waals surface area contributed by atoms with Crippen LogP contribution in [0, 0.1) is 13.8 Å². The van der Waals surface area contributed by atoms with Crippen LogP contribution in [0.15, 0.2) is 29.2 Å². The molecule has 156 valence electrons. The first-order valence-corrected chi connectivity index (χ1v) is 11.1. The molecule has 1 aliphatic rings. The van der Waals surface area contributed by atoms with Crippen molar-refractivity contribution < 1.29 is 27.5 Å². The molecule has 1 amide bonds. The number of esters is 1. The lowest BCUT2D eigenvalue weighted by molar-refractivity contribution is -0.119. The summed E-state index contributed by atoms with van der Waals surface area (Å²) in [7, 11) is -3.59. The Morgan fingerprint density at radius 2 is 1.86 bits per heavy atom. The van der Waals surface area contributed by atoms with E-state index in [1.54, 1.807) is 13.8 Å². The van der Waals surface area contributed by atoms with Crippen molar-refractivity contribution in [1.29, 1.82) is 0 Å². The van der Waals surface area contributed by atoms with Gasteiger partial charge in [0.05, 0.1) is 28.8 Å². The van der Waals surface area contributed by atoms with Gasteiger partial charge in [0.15, 0.2) is 6.61 Å². The van der Waals surface area contributed by atoms with Crippen molar-refractivity contribution in [1.82, 2.24) is 9.29 Å². The molecule has 0 unspecified atom stereocenters. The Morgan fingerprint density at radius 3 is 2.45 bits per heavy atom. The highest BCUT2D eigenvalue weighted by Crippen LogP contribution is 2.20. The van der Waals surface area contributed by atoms with Gasteiger partial charge in [-0.05, 0) is 38.1 Å². The van der Waals surface area contributed by atoms with E-state index in [0.29, 0.717) is 42.6 Å². The lowest BCUT2D eigenvalue weighted by atomic mass is 10.3. The molecule has 0 atom stereocenters. The van der Waals surface area contributed by atoms with E-state index in [0.717, 1.165) is 5.01 Å². The Labute approximate surface area is 172 Å². The molecule has 1 aliphatic heterocycles. The van der Waals surface area contributed by atoms with Crippen molar-refractivity contribution in [3.05, 3.63) is 39.8 Å². The fourth-order valence-corrected chi connectivity index (χ4v) is 4.98. The minimum Gasteiger partial charge on any atom is -0.451 e. The van der Waals surface area contributed by atoms with Crippen LogP contribution < -0.4 is 5.32 Å². The molecule has 1 aromatic carbocycles. The molecule has 1 fully saturated rings. The van der Waals surface area contributed by atoms with E-state index in [1.807, 2.05) is 0 Å². The van der Waals surface area contributed by atoms with E-state index < -0.39 is 28.5 Å². The molecule has 0 spiro atoms. The van der Waals surface area contributed by atoms with Crippen LogP contribution in [0.1, 0.15) is 20.4 Å². The third-order valence-corrected chi connectivity index (χ3v) is 7.13. The second kappa shape index (κ2) is 8.99. The number of thiazole rings is 1. The average molecular weight is 440 g/mol. The summed E-state index contributed by atoms with van der Waals surface area (Å²) >= 11 is 1.21. The smallest absolute Gasteiger partial charge is 0.350 e. The summed E-state index contributed by atoms with van der Waals surface area (Å²) in [5.74, 6) is -1.13. The van der Waals surface area contributed by atoms with Gasteiger partial charge in [0.25, 0.3) is 5.91 Å². The quantitative estimate of drug-likeness (QED) is 0.680. The predicted molar refractivity (Wildman–Crippen MR) is 107 cm³/mol. The molecule has 0 saturated carbocycles. The van der Waals surface area contributed by atoms with Crippen molar-refractivity contribution in [2.24, 2.45) is 0 Å². The van der Waals surface area contributed by atoms with Crippen molar-refractivity contribution in [3.63, 3.8) is 0 Å². The number of anilines is 1. The third kappa shape index (κ3) is 5.18. The number of hydrogen-bond acceptors (Lipinski definition) is 8. The summed E-state index contributed by atoms with van der Waals surface area (Å²) in [6.07, 6.45) is 0. The number of amides is 1. The first-order valence-electron chi connectivity index (χ1n) is 8.86. The molecule has 29 heavy (non-hydrogen) atoms. The maximum atomic E-state index is 12.6. The van der Waals surface area contributed by atoms with Crippen LogP contribution in [0.4, 0.5) is 5.69 Å². The molecule has 11 heteroatoms. The van der Waals surface area contributed by atoms with Crippen LogP contribution in [0.5, 0.6) is 0 Å². The SMILES string of the molecule is Cc1nc(C)c(C(=O)OCC(=O)Nc2ccc(S(=O)(=O)N3CCOCC3)cc2)s1. The van der Waals surface area contributed by atoms with Crippen LogP contribution in [-0.4, -0.2) is 62.5 Å². The van der Waals surface area contributed by atoms with Crippen molar-refractivity contribution >= 4 is 38.9 Å². The number of ether oxygens (including phenoxy) is 2. The Kier molecular flexibility index (Phi) is 6.63. The van der Waals surface area contributed by atoms with Crippen LogP contribution >= 0.6 is 11.3 Å². The van der Waals surface area contributed by atoms with Crippen LogP contribution in [0.2, 0.25) is 0 Å². The summed E-state index contributed by atoms with van der Waals surface area (Å²) in [5.41, 5.74) is 0.965. The number of aromatic nitrogens is 1. The van der Waals surface area contributed by atoms with Crippen LogP contribution in [-0.2, 0) is 24.3 Å². The van der Waals surface area contributed by atoms with Gasteiger partial charge in [-0.2, -0.15) is 4.31 Å². The third-order valence-electron chi connectivity index (χ3n) is 4.17. The van der Waals surface area contributed by atoms with Gasteiger partial charge in [-0.15, -0.1) is 11.3 Å². The molecule has 9 nitrogen and oxygen atoms in total. The van der Waals surface area contributed by atoms with E-state index >= 15 is 0 Å². The molecule has 3 rings (SSSR count). The van der Waals surface area contributed by atoms with Crippen molar-refractivity contribution in [3.8, 4) is 0 Å². The average Bonchev–Trinajstić information content (AvgIpc) is 3.05. The number of nitrogens with one attached hydrogen (secondary N) is 1. The maximum Gasteiger partial charge on any atom is 0.350 e. The van der Waals surface area contributed by atoms with Gasteiger partial charge in [-0.1, -0.05) is 0 Å². The molecular weight excluding hydrogens is 418 g/mol. The molecule has 1 N–H and O–H groups in total. The summed E-state index contributed by atoms with van der Waals surface area (Å²) < 4.78 is 36.7. The number of morpholine rings is 1. The Hall–Kier alpha value is -2.34. The van der Waals surface area contributed by atoms with Gasteiger partial charge in [0.1, 0.15) is 4.88 Å². The highest BCUT2D eigenvalue weighted by Gasteiger charge is 2.26. The first-order chi connectivity index (χ1) is 13.8. The van der Waals surface area contributed by atoms with E-state index in [2.05, 4.69) is 10.3 Å². The van der Waals surface area contributed by atoms with Gasteiger partial charge in [-0.3, -0.25) is 4.79 Å². The van der Waals surface area contributed by atoms with Crippen LogP contribution in [0.3, 0.4) is 0 Å². The molecule has 2 aromatic rings. The zero-order valence-corrected chi connectivity index (χ0v) is 17.6. The van der Waals surface area contributed by atoms with E-state index in [9.17, 15) is 18.0 Å². The molecule has 0 radical (unpaired) electrons. The Bertz CT molecular complexity index is 995. The van der Waals surface area contributed by atoms with Gasteiger partial charge in [0, 0.05) is 18.8 Å². The van der Waals surface area contributed by atoms with Gasteiger partial charge in [-0.25, -0.2) is 18.2 Å². The number of carbonyl (C=O) groups excluding carboxylic acids is 2. The predicted octanol–water partition coefficient (Wildman–Crippen LogP) is 1.58. The highest BCUT2D eigenvalue weighted by atomic mass is 32.2. The lowest BCUT2D eigenvalue weighted by Gasteiger charge is -2.26. The summed E-state index contributed by atoms with van der Waals surface area (Å²) in [4.78, 5) is 28.7. The second-order valence-electron chi connectivity index (χ2n) is 6.31. The molecular formula is C18H21N3O6S2. The Morgan fingerprint density at radius 1 is 1.21 bits per heavy atom. The largest absolute Gasteiger partial charge is 0.451 e. The first kappa shape index (κ1) is 21.4. The number of sulfonamides is 1. The zero-order chi connectivity index (χ0) is 21.0. The van der Waals surface area contributed by atoms with E-state index in [1.165, 1.54) is 39.9 Å². The molecule has 0 aliphatic carbocycles. The number of hydrogen-bond donors (Lipinski definition) is 1. The van der Waals surface area contributed by atoms with Crippen LogP contribution in [0.25, 0.3) is 0 Å². The molecule has 1 aromatic heterocycles. The Balaban J connectivity index is 1.56. The lowest BCUT2D eigenvalue weighted by Crippen LogP contribution is -2.40. The highest BCUT2D eigenvalue weighted by molar-refractivity contribution is 7.89. The standard InChI is InChI=1S/C18H21N3O6S2/c1-12-17(28-13(2)19-12)18(23)27-11-16(22)20-14-3-5-15(6-4-14)29(24,25)21-7-9-26-10-8-21/h3-6H,7-11H2,1-2H3,(H,20,22). The van der Waals surface area contributed by atoms with Gasteiger partial charge >= 0.3 is 5.97 Å². The summed E-state index contributed by atoms with van der Waals surface area (Å²) in [5, 5.41) is 3.31. The fraction of sp³-hybridized carbons (Fsp3) is 0.389. The maximum absolute atomic E-state index is 12.6. The van der Waals surface area contributed by atoms with Gasteiger partial charge < -0.3 is 14.8 Å². The monoisotopic (exact) mass is 439 g/mol. The molecule has 1 saturated heterocycles. The van der Waals surface area contributed by atoms with Crippen molar-refractivity contribution in [2.45, 2.75) is 18.7 Å². The van der Waals surface area contributed by atoms with E-state index in [4.69, 9.17) is 9.47 Å². The number of aryl methyl sites for hydroxylation is 2. The molecule has 2 heterocycles. The number of nitrogens with zero attached hydrogens (tertiary/aromatic N) is 2. The zero-order valence-electron chi connectivity index (χ0n) is 16.0. The van der Waals surface area contributed by atoms with Crippen molar-refractivity contribution in [2.75, 3.05) is 38.2 Å².